The Balaban J connectivity index is 1.82. The summed E-state index contributed by atoms with van der Waals surface area (Å²) in [5.74, 6) is 0.417. The van der Waals surface area contributed by atoms with Gasteiger partial charge in [-0.1, -0.05) is 17.2 Å². The van der Waals surface area contributed by atoms with E-state index >= 15 is 0 Å². The van der Waals surface area contributed by atoms with E-state index in [4.69, 9.17) is 10.5 Å². The highest BCUT2D eigenvalue weighted by Gasteiger charge is 2.28. The first-order valence-corrected chi connectivity index (χ1v) is 6.33. The fourth-order valence-electron chi connectivity index (χ4n) is 2.48. The van der Waals surface area contributed by atoms with Crippen LogP contribution in [-0.4, -0.2) is 27.8 Å². The summed E-state index contributed by atoms with van der Waals surface area (Å²) < 4.78 is 5.82. The van der Waals surface area contributed by atoms with Crippen molar-refractivity contribution in [3.63, 3.8) is 0 Å². The van der Waals surface area contributed by atoms with Crippen LogP contribution < -0.4 is 10.5 Å². The van der Waals surface area contributed by atoms with Crippen molar-refractivity contribution >= 4 is 11.0 Å². The Morgan fingerprint density at radius 1 is 1.17 bits per heavy atom. The van der Waals surface area contributed by atoms with Gasteiger partial charge in [-0.05, 0) is 37.9 Å². The number of para-hydroxylation sites is 1. The molecule has 2 atom stereocenters. The molecular weight excluding hydrogens is 228 g/mol. The van der Waals surface area contributed by atoms with Gasteiger partial charge in [-0.25, -0.2) is 0 Å². The summed E-state index contributed by atoms with van der Waals surface area (Å²) in [7, 11) is 0. The Bertz CT molecular complexity index is 545. The lowest BCUT2D eigenvalue weighted by atomic mass is 10.1. The number of ether oxygens (including phenoxy) is 1. The van der Waals surface area contributed by atoms with E-state index in [9.17, 15) is 0 Å². The smallest absolute Gasteiger partial charge is 0.336 e. The third-order valence-corrected chi connectivity index (χ3v) is 3.49. The standard InChI is InChI=1S/C13H16N4O/c14-8-9-4-3-7-12(9)18-13-15-10-5-1-2-6-11(10)16-17-13/h1-2,5-6,9,12H,3-4,7-8,14H2. The predicted octanol–water partition coefficient (Wildman–Crippen LogP) is 1.53. The number of rotatable bonds is 3. The van der Waals surface area contributed by atoms with Crippen LogP contribution in [0.25, 0.3) is 11.0 Å². The van der Waals surface area contributed by atoms with E-state index in [1.807, 2.05) is 24.3 Å². The molecule has 18 heavy (non-hydrogen) atoms. The summed E-state index contributed by atoms with van der Waals surface area (Å²) >= 11 is 0. The van der Waals surface area contributed by atoms with Gasteiger partial charge in [0.2, 0.25) is 0 Å². The Morgan fingerprint density at radius 3 is 2.83 bits per heavy atom. The van der Waals surface area contributed by atoms with Crippen LogP contribution in [0.1, 0.15) is 19.3 Å². The summed E-state index contributed by atoms with van der Waals surface area (Å²) in [5, 5.41) is 8.12. The van der Waals surface area contributed by atoms with Crippen LogP contribution in [0.5, 0.6) is 6.01 Å². The number of hydrogen-bond donors (Lipinski definition) is 1. The van der Waals surface area contributed by atoms with Crippen molar-refractivity contribution in [1.82, 2.24) is 15.2 Å². The van der Waals surface area contributed by atoms with Crippen LogP contribution in [-0.2, 0) is 0 Å². The normalized spacial score (nSPS) is 23.4. The molecular formula is C13H16N4O. The monoisotopic (exact) mass is 244 g/mol. The maximum Gasteiger partial charge on any atom is 0.336 e. The fourth-order valence-corrected chi connectivity index (χ4v) is 2.48. The van der Waals surface area contributed by atoms with Crippen LogP contribution in [0.15, 0.2) is 24.3 Å². The molecule has 5 heteroatoms. The molecule has 2 unspecified atom stereocenters. The molecule has 5 nitrogen and oxygen atoms in total. The van der Waals surface area contributed by atoms with Gasteiger partial charge in [0.25, 0.3) is 0 Å². The maximum atomic E-state index is 5.82. The molecule has 0 aliphatic heterocycles. The van der Waals surface area contributed by atoms with Gasteiger partial charge < -0.3 is 10.5 Å². The highest BCUT2D eigenvalue weighted by Crippen LogP contribution is 2.27. The molecule has 0 bridgehead atoms. The lowest BCUT2D eigenvalue weighted by molar-refractivity contribution is 0.147. The fraction of sp³-hybridized carbons (Fsp3) is 0.462. The van der Waals surface area contributed by atoms with Crippen LogP contribution in [0.4, 0.5) is 0 Å². The van der Waals surface area contributed by atoms with E-state index in [2.05, 4.69) is 15.2 Å². The maximum absolute atomic E-state index is 5.82. The average molecular weight is 244 g/mol. The van der Waals surface area contributed by atoms with Gasteiger partial charge in [-0.2, -0.15) is 4.98 Å². The van der Waals surface area contributed by atoms with E-state index in [1.54, 1.807) is 0 Å². The molecule has 1 aliphatic carbocycles. The number of aromatic nitrogens is 3. The van der Waals surface area contributed by atoms with Gasteiger partial charge in [0.05, 0.1) is 5.52 Å². The van der Waals surface area contributed by atoms with Crippen molar-refractivity contribution in [3.05, 3.63) is 24.3 Å². The molecule has 1 saturated carbocycles. The quantitative estimate of drug-likeness (QED) is 0.886. The largest absolute Gasteiger partial charge is 0.459 e. The van der Waals surface area contributed by atoms with Crippen LogP contribution in [0, 0.1) is 5.92 Å². The Kier molecular flexibility index (Phi) is 3.06. The second-order valence-corrected chi connectivity index (χ2v) is 4.67. The summed E-state index contributed by atoms with van der Waals surface area (Å²) in [4.78, 5) is 4.37. The molecule has 0 spiro atoms. The first-order valence-electron chi connectivity index (χ1n) is 6.33. The molecule has 1 aliphatic rings. The van der Waals surface area contributed by atoms with E-state index in [-0.39, 0.29) is 6.10 Å². The molecule has 3 rings (SSSR count). The molecule has 0 radical (unpaired) electrons. The van der Waals surface area contributed by atoms with Gasteiger partial charge in [0.1, 0.15) is 11.6 Å². The SMILES string of the molecule is NCC1CCCC1Oc1nnc2ccccc2n1. The molecule has 2 N–H and O–H groups in total. The van der Waals surface area contributed by atoms with Gasteiger partial charge in [-0.15, -0.1) is 5.10 Å². The van der Waals surface area contributed by atoms with Crippen molar-refractivity contribution in [1.29, 1.82) is 0 Å². The zero-order chi connectivity index (χ0) is 12.4. The number of fused-ring (bicyclic) bond motifs is 1. The first-order chi connectivity index (χ1) is 8.86. The minimum Gasteiger partial charge on any atom is -0.459 e. The minimum atomic E-state index is 0.137. The van der Waals surface area contributed by atoms with Crippen molar-refractivity contribution in [3.8, 4) is 6.01 Å². The van der Waals surface area contributed by atoms with Crippen molar-refractivity contribution < 1.29 is 4.74 Å². The van der Waals surface area contributed by atoms with Gasteiger partial charge in [0.15, 0.2) is 0 Å². The second kappa shape index (κ2) is 4.86. The predicted molar refractivity (Wildman–Crippen MR) is 68.1 cm³/mol. The minimum absolute atomic E-state index is 0.137. The van der Waals surface area contributed by atoms with Crippen LogP contribution in [0.2, 0.25) is 0 Å². The van der Waals surface area contributed by atoms with Gasteiger partial charge >= 0.3 is 6.01 Å². The topological polar surface area (TPSA) is 73.9 Å². The zero-order valence-corrected chi connectivity index (χ0v) is 10.1. The third-order valence-electron chi connectivity index (χ3n) is 3.49. The third kappa shape index (κ3) is 2.13. The zero-order valence-electron chi connectivity index (χ0n) is 10.1. The molecule has 0 amide bonds. The van der Waals surface area contributed by atoms with Crippen molar-refractivity contribution in [2.75, 3.05) is 6.54 Å². The lowest BCUT2D eigenvalue weighted by Gasteiger charge is -2.17. The summed E-state index contributed by atoms with van der Waals surface area (Å²) in [6.45, 7) is 0.658. The summed E-state index contributed by atoms with van der Waals surface area (Å²) in [5.41, 5.74) is 7.33. The van der Waals surface area contributed by atoms with E-state index in [0.717, 1.165) is 30.3 Å². The number of hydrogen-bond acceptors (Lipinski definition) is 5. The van der Waals surface area contributed by atoms with E-state index in [1.165, 1.54) is 0 Å². The van der Waals surface area contributed by atoms with Gasteiger partial charge in [-0.3, -0.25) is 0 Å². The molecule has 0 saturated heterocycles. The average Bonchev–Trinajstić information content (AvgIpc) is 2.86. The molecule has 1 heterocycles. The lowest BCUT2D eigenvalue weighted by Crippen LogP contribution is -2.28. The highest BCUT2D eigenvalue weighted by molar-refractivity contribution is 5.73. The first kappa shape index (κ1) is 11.3. The molecule has 1 aromatic carbocycles. The summed E-state index contributed by atoms with van der Waals surface area (Å²) in [6.07, 6.45) is 3.45. The molecule has 2 aromatic rings. The summed E-state index contributed by atoms with van der Waals surface area (Å²) in [6, 6.07) is 8.00. The molecule has 1 fully saturated rings. The van der Waals surface area contributed by atoms with E-state index in [0.29, 0.717) is 18.5 Å². The number of benzene rings is 1. The number of nitrogens with zero attached hydrogens (tertiary/aromatic N) is 3. The molecule has 94 valence electrons. The highest BCUT2D eigenvalue weighted by atomic mass is 16.5. The van der Waals surface area contributed by atoms with Crippen LogP contribution in [0.3, 0.4) is 0 Å². The Hall–Kier alpha value is -1.75. The van der Waals surface area contributed by atoms with Crippen LogP contribution >= 0.6 is 0 Å². The molecule has 1 aromatic heterocycles. The number of nitrogens with two attached hydrogens (primary N) is 1. The Labute approximate surface area is 105 Å². The van der Waals surface area contributed by atoms with E-state index < -0.39 is 0 Å². The van der Waals surface area contributed by atoms with Crippen molar-refractivity contribution in [2.24, 2.45) is 11.7 Å². The van der Waals surface area contributed by atoms with Crippen molar-refractivity contribution in [2.45, 2.75) is 25.4 Å². The van der Waals surface area contributed by atoms with Gasteiger partial charge in [0, 0.05) is 5.92 Å². The second-order valence-electron chi connectivity index (χ2n) is 4.67. The Morgan fingerprint density at radius 2 is 2.00 bits per heavy atom.